The average molecular weight is 398 g/mol. The second-order valence-corrected chi connectivity index (χ2v) is 9.93. The lowest BCUT2D eigenvalue weighted by Crippen LogP contribution is -2.38. The number of benzene rings is 1. The Morgan fingerprint density at radius 2 is 1.65 bits per heavy atom. The Labute approximate surface area is 155 Å². The quantitative estimate of drug-likeness (QED) is 0.706. The van der Waals surface area contributed by atoms with E-state index in [0.29, 0.717) is 5.56 Å². The molecule has 0 bridgehead atoms. The number of sulfone groups is 1. The van der Waals surface area contributed by atoms with E-state index in [4.69, 9.17) is 0 Å². The zero-order valence-corrected chi connectivity index (χ0v) is 16.5. The van der Waals surface area contributed by atoms with Gasteiger partial charge < -0.3 is 0 Å². The number of hydrogen-bond donors (Lipinski definition) is 2. The van der Waals surface area contributed by atoms with Crippen LogP contribution in [0.5, 0.6) is 0 Å². The number of pyridine rings is 1. The molecule has 0 radical (unpaired) electrons. The fraction of sp³-hybridized carbons (Fsp3) is 0.353. The van der Waals surface area contributed by atoms with Gasteiger partial charge in [-0.1, -0.05) is 32.0 Å². The van der Waals surface area contributed by atoms with E-state index in [1.807, 2.05) is 13.8 Å². The van der Waals surface area contributed by atoms with E-state index in [9.17, 15) is 16.8 Å². The molecule has 26 heavy (non-hydrogen) atoms. The maximum atomic E-state index is 13.1. The average Bonchev–Trinajstić information content (AvgIpc) is 2.62. The van der Waals surface area contributed by atoms with Crippen LogP contribution >= 0.6 is 0 Å². The van der Waals surface area contributed by atoms with Crippen LogP contribution in [0.1, 0.15) is 36.1 Å². The van der Waals surface area contributed by atoms with Gasteiger partial charge in [0, 0.05) is 26.0 Å². The summed E-state index contributed by atoms with van der Waals surface area (Å²) in [5.74, 6) is 0.281. The molecule has 0 spiro atoms. The van der Waals surface area contributed by atoms with Gasteiger partial charge in [0.1, 0.15) is 5.25 Å². The molecule has 2 rings (SSSR count). The highest BCUT2D eigenvalue weighted by atomic mass is 32.2. The van der Waals surface area contributed by atoms with Crippen molar-refractivity contribution >= 4 is 20.0 Å². The molecule has 0 aliphatic carbocycles. The Balaban J connectivity index is 2.42. The molecule has 0 amide bonds. The summed E-state index contributed by atoms with van der Waals surface area (Å²) in [6, 6.07) is 9.89. The van der Waals surface area contributed by atoms with Crippen molar-refractivity contribution in [2.24, 2.45) is 0 Å². The largest absolute Gasteiger partial charge is 0.276 e. The van der Waals surface area contributed by atoms with Crippen molar-refractivity contribution in [3.63, 3.8) is 0 Å². The summed E-state index contributed by atoms with van der Waals surface area (Å²) in [5, 5.41) is -1.09. The third-order valence-electron chi connectivity index (χ3n) is 4.03. The van der Waals surface area contributed by atoms with Gasteiger partial charge in [-0.05, 0) is 35.2 Å². The summed E-state index contributed by atoms with van der Waals surface area (Å²) in [4.78, 5) is 4.10. The van der Waals surface area contributed by atoms with Crippen molar-refractivity contribution in [2.75, 3.05) is 13.6 Å². The topological polar surface area (TPSA) is 105 Å². The molecule has 1 atom stereocenters. The lowest BCUT2D eigenvalue weighted by atomic mass is 10.0. The molecular formula is C17H23N3O4S2. The highest BCUT2D eigenvalue weighted by molar-refractivity contribution is 7.92. The number of hydrogen-bond acceptors (Lipinski definition) is 5. The Bertz CT molecular complexity index is 926. The Hall–Kier alpha value is -1.81. The summed E-state index contributed by atoms with van der Waals surface area (Å²) in [6.07, 6.45) is 2.96. The summed E-state index contributed by atoms with van der Waals surface area (Å²) in [6.45, 7) is 3.74. The number of rotatable bonds is 8. The van der Waals surface area contributed by atoms with Crippen LogP contribution in [-0.4, -0.2) is 35.4 Å². The second kappa shape index (κ2) is 8.26. The predicted molar refractivity (Wildman–Crippen MR) is 101 cm³/mol. The van der Waals surface area contributed by atoms with Gasteiger partial charge in [-0.25, -0.2) is 17.9 Å². The zero-order valence-electron chi connectivity index (χ0n) is 14.9. The molecule has 2 N–H and O–H groups in total. The van der Waals surface area contributed by atoms with E-state index in [1.165, 1.54) is 19.4 Å². The van der Waals surface area contributed by atoms with Crippen LogP contribution in [-0.2, 0) is 20.0 Å². The molecule has 1 aromatic carbocycles. The molecule has 1 aromatic heterocycles. The molecular weight excluding hydrogens is 374 g/mol. The van der Waals surface area contributed by atoms with Crippen LogP contribution in [0.4, 0.5) is 0 Å². The van der Waals surface area contributed by atoms with Crippen molar-refractivity contribution in [3.8, 4) is 0 Å². The minimum Gasteiger partial charge on any atom is -0.264 e. The van der Waals surface area contributed by atoms with Gasteiger partial charge in [0.05, 0.1) is 4.90 Å². The second-order valence-electron chi connectivity index (χ2n) is 6.10. The normalized spacial score (nSPS) is 13.7. The van der Waals surface area contributed by atoms with Crippen molar-refractivity contribution in [1.29, 1.82) is 0 Å². The molecule has 0 aliphatic heterocycles. The van der Waals surface area contributed by atoms with Crippen LogP contribution in [0.3, 0.4) is 0 Å². The maximum absolute atomic E-state index is 13.1. The lowest BCUT2D eigenvalue weighted by Gasteiger charge is -2.19. The van der Waals surface area contributed by atoms with Crippen molar-refractivity contribution in [1.82, 2.24) is 14.4 Å². The number of nitrogens with zero attached hydrogens (tertiary/aromatic N) is 1. The molecule has 9 heteroatoms. The van der Waals surface area contributed by atoms with Crippen LogP contribution in [0.2, 0.25) is 0 Å². The minimum atomic E-state index is -3.82. The highest BCUT2D eigenvalue weighted by Gasteiger charge is 2.30. The van der Waals surface area contributed by atoms with Gasteiger partial charge in [-0.2, -0.15) is 8.42 Å². The highest BCUT2D eigenvalue weighted by Crippen LogP contribution is 2.29. The Morgan fingerprint density at radius 1 is 1.00 bits per heavy atom. The molecule has 0 saturated heterocycles. The van der Waals surface area contributed by atoms with Gasteiger partial charge in [0.25, 0.3) is 10.2 Å². The van der Waals surface area contributed by atoms with Crippen LogP contribution < -0.4 is 9.44 Å². The van der Waals surface area contributed by atoms with Crippen LogP contribution in [0, 0.1) is 0 Å². The fourth-order valence-electron chi connectivity index (χ4n) is 2.44. The van der Waals surface area contributed by atoms with Gasteiger partial charge in [0.15, 0.2) is 9.84 Å². The molecule has 2 aromatic rings. The van der Waals surface area contributed by atoms with E-state index < -0.39 is 25.3 Å². The lowest BCUT2D eigenvalue weighted by molar-refractivity contribution is 0.563. The van der Waals surface area contributed by atoms with E-state index in [2.05, 4.69) is 14.4 Å². The van der Waals surface area contributed by atoms with Crippen molar-refractivity contribution in [3.05, 3.63) is 59.9 Å². The van der Waals surface area contributed by atoms with Gasteiger partial charge in [-0.15, -0.1) is 0 Å². The molecule has 0 saturated carbocycles. The first kappa shape index (κ1) is 20.5. The van der Waals surface area contributed by atoms with E-state index >= 15 is 0 Å². The third-order valence-corrected chi connectivity index (χ3v) is 7.23. The fourth-order valence-corrected chi connectivity index (χ4v) is 4.72. The summed E-state index contributed by atoms with van der Waals surface area (Å²) in [5.41, 5.74) is 1.44. The molecule has 0 aliphatic rings. The summed E-state index contributed by atoms with van der Waals surface area (Å²) >= 11 is 0. The number of nitrogens with one attached hydrogen (secondary N) is 2. The molecule has 142 valence electrons. The molecule has 1 heterocycles. The standard InChI is InChI=1S/C17H23N3O4S2/c1-13(2)14-6-8-16(9-7-14)25(21,22)17(12-20-26(23,24)18-3)15-5-4-10-19-11-15/h4-11,13,17-18,20H,12H2,1-3H3. The van der Waals surface area contributed by atoms with Crippen LogP contribution in [0.15, 0.2) is 53.7 Å². The zero-order chi connectivity index (χ0) is 19.4. The Morgan fingerprint density at radius 3 is 2.15 bits per heavy atom. The van der Waals surface area contributed by atoms with Crippen molar-refractivity contribution in [2.45, 2.75) is 29.9 Å². The van der Waals surface area contributed by atoms with Gasteiger partial charge >= 0.3 is 0 Å². The van der Waals surface area contributed by atoms with Gasteiger partial charge in [-0.3, -0.25) is 4.98 Å². The van der Waals surface area contributed by atoms with E-state index in [1.54, 1.807) is 36.4 Å². The summed E-state index contributed by atoms with van der Waals surface area (Å²) in [7, 11) is -6.34. The smallest absolute Gasteiger partial charge is 0.264 e. The minimum absolute atomic E-state index is 0.138. The summed E-state index contributed by atoms with van der Waals surface area (Å²) < 4.78 is 54.0. The SMILES string of the molecule is CNS(=O)(=O)NCC(c1cccnc1)S(=O)(=O)c1ccc(C(C)C)cc1. The molecule has 1 unspecified atom stereocenters. The first-order valence-corrected chi connectivity index (χ1v) is 11.1. The molecule has 7 nitrogen and oxygen atoms in total. The first-order chi connectivity index (χ1) is 12.2. The molecule has 0 fully saturated rings. The first-order valence-electron chi connectivity index (χ1n) is 8.09. The monoisotopic (exact) mass is 397 g/mol. The third kappa shape index (κ3) is 4.88. The van der Waals surface area contributed by atoms with E-state index in [-0.39, 0.29) is 17.4 Å². The Kier molecular flexibility index (Phi) is 6.51. The van der Waals surface area contributed by atoms with Crippen molar-refractivity contribution < 1.29 is 16.8 Å². The number of aromatic nitrogens is 1. The predicted octanol–water partition coefficient (Wildman–Crippen LogP) is 1.77. The van der Waals surface area contributed by atoms with Gasteiger partial charge in [0.2, 0.25) is 0 Å². The van der Waals surface area contributed by atoms with Crippen LogP contribution in [0.25, 0.3) is 0 Å². The maximum Gasteiger partial charge on any atom is 0.276 e. The van der Waals surface area contributed by atoms with E-state index in [0.717, 1.165) is 5.56 Å².